The molecule has 1 aromatic carbocycles. The van der Waals surface area contributed by atoms with E-state index in [9.17, 15) is 4.79 Å². The number of thiazole rings is 1. The molecule has 4 aromatic heterocycles. The zero-order chi connectivity index (χ0) is 25.6. The summed E-state index contributed by atoms with van der Waals surface area (Å²) in [6.45, 7) is 2.55. The van der Waals surface area contributed by atoms with E-state index in [2.05, 4.69) is 30.5 Å². The van der Waals surface area contributed by atoms with Crippen molar-refractivity contribution in [1.29, 1.82) is 0 Å². The molecule has 0 radical (unpaired) electrons. The van der Waals surface area contributed by atoms with Crippen molar-refractivity contribution in [3.8, 4) is 17.0 Å². The predicted octanol–water partition coefficient (Wildman–Crippen LogP) is 5.60. The number of nitrogens with zero attached hydrogens (tertiary/aromatic N) is 4. The topological polar surface area (TPSA) is 115 Å². The van der Waals surface area contributed by atoms with Crippen molar-refractivity contribution in [2.45, 2.75) is 19.8 Å². The maximum absolute atomic E-state index is 11.8. The van der Waals surface area contributed by atoms with Crippen LogP contribution in [-0.2, 0) is 22.4 Å². The van der Waals surface area contributed by atoms with E-state index in [1.165, 1.54) is 11.3 Å². The number of pyridine rings is 2. The van der Waals surface area contributed by atoms with Gasteiger partial charge in [-0.05, 0) is 43.3 Å². The smallest absolute Gasteiger partial charge is 0.311 e. The fourth-order valence-corrected chi connectivity index (χ4v) is 4.78. The van der Waals surface area contributed by atoms with E-state index in [1.807, 2.05) is 30.3 Å². The first-order valence-corrected chi connectivity index (χ1v) is 12.8. The highest BCUT2D eigenvalue weighted by Gasteiger charge is 2.17. The van der Waals surface area contributed by atoms with Crippen LogP contribution in [0.1, 0.15) is 17.5 Å². The molecule has 0 unspecified atom stereocenters. The van der Waals surface area contributed by atoms with Gasteiger partial charge in [-0.15, -0.1) is 11.3 Å². The number of carbonyl (C=O) groups excluding carboxylic acids is 1. The van der Waals surface area contributed by atoms with E-state index >= 15 is 0 Å². The number of fused-ring (bicyclic) bond motifs is 1. The van der Waals surface area contributed by atoms with Crippen molar-refractivity contribution in [2.24, 2.45) is 0 Å². The Morgan fingerprint density at radius 2 is 2.03 bits per heavy atom. The molecule has 9 nitrogen and oxygen atoms in total. The van der Waals surface area contributed by atoms with Crippen molar-refractivity contribution in [3.63, 3.8) is 0 Å². The molecule has 0 bridgehead atoms. The van der Waals surface area contributed by atoms with Crippen LogP contribution in [0.3, 0.4) is 0 Å². The van der Waals surface area contributed by atoms with Crippen molar-refractivity contribution < 1.29 is 14.3 Å². The highest BCUT2D eigenvalue weighted by atomic mass is 35.5. The Balaban J connectivity index is 1.45. The maximum Gasteiger partial charge on any atom is 0.311 e. The molecule has 0 fully saturated rings. The Bertz CT molecular complexity index is 1520. The quantitative estimate of drug-likeness (QED) is 0.222. The average Bonchev–Trinajstić information content (AvgIpc) is 3.52. The van der Waals surface area contributed by atoms with Crippen LogP contribution < -0.4 is 10.1 Å². The van der Waals surface area contributed by atoms with E-state index in [0.717, 1.165) is 27.0 Å². The fraction of sp³-hybridized carbons (Fsp3) is 0.192. The molecule has 0 atom stereocenters. The molecule has 5 rings (SSSR count). The fourth-order valence-electron chi connectivity index (χ4n) is 3.75. The van der Waals surface area contributed by atoms with Crippen LogP contribution in [-0.4, -0.2) is 44.3 Å². The molecule has 5 aromatic rings. The van der Waals surface area contributed by atoms with E-state index < -0.39 is 0 Å². The lowest BCUT2D eigenvalue weighted by atomic mass is 10.1. The van der Waals surface area contributed by atoms with E-state index in [0.29, 0.717) is 47.1 Å². The molecular weight excluding hydrogens is 512 g/mol. The number of aromatic nitrogens is 5. The lowest BCUT2D eigenvalue weighted by molar-refractivity contribution is -0.142. The molecule has 0 spiro atoms. The summed E-state index contributed by atoms with van der Waals surface area (Å²) in [5, 5.41) is 12.7. The summed E-state index contributed by atoms with van der Waals surface area (Å²) in [4.78, 5) is 25.8. The van der Waals surface area contributed by atoms with Gasteiger partial charge in [-0.1, -0.05) is 17.7 Å². The van der Waals surface area contributed by atoms with Gasteiger partial charge in [0.15, 0.2) is 10.9 Å². The van der Waals surface area contributed by atoms with E-state index in [4.69, 9.17) is 21.1 Å². The van der Waals surface area contributed by atoms with Gasteiger partial charge in [0.05, 0.1) is 30.4 Å². The third-order valence-electron chi connectivity index (χ3n) is 5.41. The normalized spacial score (nSPS) is 11.0. The number of anilines is 2. The van der Waals surface area contributed by atoms with E-state index in [1.54, 1.807) is 37.6 Å². The minimum Gasteiger partial charge on any atom is -0.491 e. The number of ether oxygens (including phenoxy) is 2. The summed E-state index contributed by atoms with van der Waals surface area (Å²) in [5.74, 6) is 0.899. The van der Waals surface area contributed by atoms with Crippen LogP contribution in [0.15, 0.2) is 61.1 Å². The zero-order valence-corrected chi connectivity index (χ0v) is 21.5. The zero-order valence-electron chi connectivity index (χ0n) is 19.9. The number of rotatable bonds is 10. The summed E-state index contributed by atoms with van der Waals surface area (Å²) in [6, 6.07) is 13.2. The largest absolute Gasteiger partial charge is 0.491 e. The number of halogens is 1. The summed E-state index contributed by atoms with van der Waals surface area (Å²) in [5.41, 5.74) is 3.09. The lowest BCUT2D eigenvalue weighted by Crippen LogP contribution is -2.06. The molecule has 188 valence electrons. The first kappa shape index (κ1) is 24.7. The number of carbonyl (C=O) groups is 1. The van der Waals surface area contributed by atoms with Crippen LogP contribution in [0.5, 0.6) is 5.75 Å². The average molecular weight is 535 g/mol. The number of hydrogen-bond acceptors (Lipinski definition) is 9. The van der Waals surface area contributed by atoms with Gasteiger partial charge in [0.2, 0.25) is 0 Å². The molecule has 0 saturated heterocycles. The number of esters is 1. The van der Waals surface area contributed by atoms with Crippen molar-refractivity contribution in [1.82, 2.24) is 25.1 Å². The molecular formula is C26H23ClN6O3S. The molecule has 4 heterocycles. The van der Waals surface area contributed by atoms with Crippen LogP contribution >= 0.6 is 22.9 Å². The third-order valence-corrected chi connectivity index (χ3v) is 6.63. The van der Waals surface area contributed by atoms with E-state index in [-0.39, 0.29) is 12.4 Å². The highest BCUT2D eigenvalue weighted by Crippen LogP contribution is 2.37. The number of nitrogens with one attached hydrogen (secondary N) is 2. The van der Waals surface area contributed by atoms with Gasteiger partial charge >= 0.3 is 5.97 Å². The van der Waals surface area contributed by atoms with Crippen LogP contribution in [0.25, 0.3) is 22.2 Å². The standard InChI is InChI=1S/C26H23ClN6O3S/c1-2-35-22(34)14-18-15-30-26(37-18)31-25-19-12-16(23-20(27)7-5-10-29-23)13-21(24(19)32-33-25)36-11-8-17-6-3-4-9-28-17/h3-7,9-10,12-13,15H,2,8,11,14H2,1H3,(H2,30,31,32,33). The maximum atomic E-state index is 11.8. The van der Waals surface area contributed by atoms with Gasteiger partial charge < -0.3 is 14.8 Å². The van der Waals surface area contributed by atoms with Gasteiger partial charge in [-0.25, -0.2) is 4.98 Å². The first-order chi connectivity index (χ1) is 18.1. The molecule has 0 aliphatic heterocycles. The number of aromatic amines is 1. The molecule has 0 aliphatic rings. The second-order valence-corrected chi connectivity index (χ2v) is 9.48. The molecule has 11 heteroatoms. The Kier molecular flexibility index (Phi) is 7.57. The Hall–Kier alpha value is -4.02. The van der Waals surface area contributed by atoms with Gasteiger partial charge in [-0.2, -0.15) is 5.10 Å². The second kappa shape index (κ2) is 11.4. The second-order valence-electron chi connectivity index (χ2n) is 7.96. The SMILES string of the molecule is CCOC(=O)Cc1cnc(Nc2n[nH]c3c(OCCc4ccccn4)cc(-c4ncccc4Cl)cc23)s1. The van der Waals surface area contributed by atoms with Crippen molar-refractivity contribution in [3.05, 3.63) is 76.6 Å². The number of H-pyrrole nitrogens is 1. The third kappa shape index (κ3) is 5.87. The Labute approximate surface area is 221 Å². The number of benzene rings is 1. The minimum absolute atomic E-state index is 0.172. The molecule has 0 aliphatic carbocycles. The molecule has 2 N–H and O–H groups in total. The first-order valence-electron chi connectivity index (χ1n) is 11.6. The van der Waals surface area contributed by atoms with Gasteiger partial charge in [0.1, 0.15) is 11.3 Å². The monoisotopic (exact) mass is 534 g/mol. The minimum atomic E-state index is -0.285. The van der Waals surface area contributed by atoms with Gasteiger partial charge in [0, 0.05) is 46.5 Å². The van der Waals surface area contributed by atoms with Crippen LogP contribution in [0.2, 0.25) is 5.02 Å². The van der Waals surface area contributed by atoms with Gasteiger partial charge in [0.25, 0.3) is 0 Å². The molecule has 0 amide bonds. The van der Waals surface area contributed by atoms with Crippen molar-refractivity contribution >= 4 is 50.8 Å². The molecule has 0 saturated carbocycles. The summed E-state index contributed by atoms with van der Waals surface area (Å²) in [6.07, 6.45) is 5.94. The predicted molar refractivity (Wildman–Crippen MR) is 144 cm³/mol. The van der Waals surface area contributed by atoms with Gasteiger partial charge in [-0.3, -0.25) is 19.9 Å². The number of hydrogen-bond donors (Lipinski definition) is 2. The van der Waals surface area contributed by atoms with Crippen LogP contribution in [0.4, 0.5) is 10.9 Å². The molecule has 37 heavy (non-hydrogen) atoms. The van der Waals surface area contributed by atoms with Crippen molar-refractivity contribution in [2.75, 3.05) is 18.5 Å². The highest BCUT2D eigenvalue weighted by molar-refractivity contribution is 7.15. The summed E-state index contributed by atoms with van der Waals surface area (Å²) < 4.78 is 11.2. The lowest BCUT2D eigenvalue weighted by Gasteiger charge is -2.11. The summed E-state index contributed by atoms with van der Waals surface area (Å²) in [7, 11) is 0. The van der Waals surface area contributed by atoms with Crippen LogP contribution in [0, 0.1) is 0 Å². The summed E-state index contributed by atoms with van der Waals surface area (Å²) >= 11 is 7.82. The Morgan fingerprint density at radius 3 is 2.84 bits per heavy atom. The Morgan fingerprint density at radius 1 is 1.14 bits per heavy atom.